The molecule has 3 nitrogen and oxygen atoms in total. The molecule has 0 aromatic heterocycles. The van der Waals surface area contributed by atoms with E-state index in [0.717, 1.165) is 0 Å². The molecule has 0 spiro atoms. The first-order valence-corrected chi connectivity index (χ1v) is 11.7. The number of rotatable bonds is 10. The monoisotopic (exact) mass is 271 g/mol. The third-order valence-corrected chi connectivity index (χ3v) is 11.6. The van der Waals surface area contributed by atoms with Crippen LogP contribution in [-0.4, -0.2) is 37.6 Å². The van der Waals surface area contributed by atoms with E-state index in [1.165, 1.54) is 0 Å². The molecule has 15 heavy (non-hydrogen) atoms. The minimum atomic E-state index is -1.18. The summed E-state index contributed by atoms with van der Waals surface area (Å²) in [5.74, 6) is 0. The van der Waals surface area contributed by atoms with Crippen LogP contribution in [0.4, 0.5) is 0 Å². The van der Waals surface area contributed by atoms with Gasteiger partial charge in [0.15, 0.2) is 18.2 Å². The zero-order valence-electron chi connectivity index (χ0n) is 9.21. The Bertz CT molecular complexity index is 200. The second kappa shape index (κ2) is 10.2. The van der Waals surface area contributed by atoms with E-state index in [2.05, 4.69) is 40.3 Å². The van der Waals surface area contributed by atoms with Crippen molar-refractivity contribution in [1.82, 2.24) is 13.9 Å². The van der Waals surface area contributed by atoms with Gasteiger partial charge in [-0.05, 0) is 0 Å². The summed E-state index contributed by atoms with van der Waals surface area (Å²) < 4.78 is 10.7. The summed E-state index contributed by atoms with van der Waals surface area (Å²) in [6.45, 7) is 15.2. The maximum absolute atomic E-state index is 3.86. The lowest BCUT2D eigenvalue weighted by molar-refractivity contribution is 1.31. The lowest BCUT2D eigenvalue weighted by Gasteiger charge is -2.19. The van der Waals surface area contributed by atoms with Gasteiger partial charge in [0, 0.05) is 0 Å². The van der Waals surface area contributed by atoms with Crippen molar-refractivity contribution in [3.63, 3.8) is 0 Å². The first-order chi connectivity index (χ1) is 7.28. The smallest absolute Gasteiger partial charge is 0.197 e. The molecule has 0 aliphatic rings. The molecule has 0 fully saturated rings. The van der Waals surface area contributed by atoms with Crippen molar-refractivity contribution in [2.75, 3.05) is 0 Å². The normalized spacial score (nSPS) is 15.5. The average Bonchev–Trinajstić information content (AvgIpc) is 2.28. The second-order valence-electron chi connectivity index (χ2n) is 2.99. The van der Waals surface area contributed by atoms with Gasteiger partial charge in [-0.25, -0.2) is 0 Å². The van der Waals surface area contributed by atoms with Gasteiger partial charge >= 0.3 is 0 Å². The van der Waals surface area contributed by atoms with Crippen molar-refractivity contribution in [2.45, 2.75) is 0 Å². The van der Waals surface area contributed by atoms with Crippen molar-refractivity contribution in [3.05, 3.63) is 49.1 Å². The molecule has 7 heteroatoms. The number of nitrogens with one attached hydrogen (secondary N) is 3. The molecule has 2 unspecified atom stereocenters. The molecule has 0 aliphatic carbocycles. The molecule has 0 saturated heterocycles. The summed E-state index contributed by atoms with van der Waals surface area (Å²) in [6.07, 6.45) is 0. The van der Waals surface area contributed by atoms with Crippen LogP contribution >= 0.6 is 0 Å². The zero-order chi connectivity index (χ0) is 11.5. The maximum Gasteiger partial charge on any atom is 0.197 e. The summed E-state index contributed by atoms with van der Waals surface area (Å²) in [6, 6.07) is 0. The van der Waals surface area contributed by atoms with E-state index in [0.29, 0.717) is 0 Å². The van der Waals surface area contributed by atoms with Crippen molar-refractivity contribution in [2.24, 2.45) is 0 Å². The minimum Gasteiger partial charge on any atom is -0.349 e. The van der Waals surface area contributed by atoms with Crippen LogP contribution in [-0.2, 0) is 0 Å². The van der Waals surface area contributed by atoms with E-state index in [1.807, 2.05) is 22.8 Å². The van der Waals surface area contributed by atoms with Crippen LogP contribution in [0.2, 0.25) is 0 Å². The van der Waals surface area contributed by atoms with Crippen molar-refractivity contribution in [3.8, 4) is 0 Å². The third kappa shape index (κ3) is 7.62. The number of hydrogen-bond donors (Lipinski definition) is 3. The van der Waals surface area contributed by atoms with Gasteiger partial charge in [0.1, 0.15) is 19.4 Å². The van der Waals surface area contributed by atoms with Crippen LogP contribution in [0.25, 0.3) is 0 Å². The molecule has 0 heterocycles. The molecule has 3 N–H and O–H groups in total. The summed E-state index contributed by atoms with van der Waals surface area (Å²) in [5, 5.41) is 0. The molecule has 2 atom stereocenters. The van der Waals surface area contributed by atoms with Crippen LogP contribution in [0, 0.1) is 0 Å². The van der Waals surface area contributed by atoms with E-state index in [1.54, 1.807) is 0 Å². The molecule has 84 valence electrons. The van der Waals surface area contributed by atoms with Gasteiger partial charge in [-0.1, -0.05) is 22.8 Å². The molecular weight excluding hydrogens is 250 g/mol. The SMILES string of the molecule is C=C[SiH2]N[SiH](C=C)N[SiH](C=C)N[SiH2]C=C. The van der Waals surface area contributed by atoms with Gasteiger partial charge in [0.25, 0.3) is 0 Å². The molecule has 0 aromatic carbocycles. The van der Waals surface area contributed by atoms with Crippen LogP contribution < -0.4 is 13.9 Å². The average molecular weight is 272 g/mol. The highest BCUT2D eigenvalue weighted by Gasteiger charge is 2.10. The summed E-state index contributed by atoms with van der Waals surface area (Å²) in [7, 11) is -2.98. The van der Waals surface area contributed by atoms with Gasteiger partial charge < -0.3 is 13.9 Å². The fourth-order valence-corrected chi connectivity index (χ4v) is 11.4. The van der Waals surface area contributed by atoms with E-state index in [-0.39, 0.29) is 19.4 Å². The van der Waals surface area contributed by atoms with Crippen LogP contribution in [0.3, 0.4) is 0 Å². The van der Waals surface area contributed by atoms with Crippen molar-refractivity contribution >= 4 is 37.6 Å². The van der Waals surface area contributed by atoms with Crippen LogP contribution in [0.5, 0.6) is 0 Å². The van der Waals surface area contributed by atoms with Crippen LogP contribution in [0.1, 0.15) is 0 Å². The number of hydrogen-bond acceptors (Lipinski definition) is 3. The van der Waals surface area contributed by atoms with Crippen molar-refractivity contribution < 1.29 is 0 Å². The topological polar surface area (TPSA) is 36.1 Å². The van der Waals surface area contributed by atoms with E-state index in [9.17, 15) is 0 Å². The molecule has 0 bridgehead atoms. The first kappa shape index (κ1) is 14.7. The fourth-order valence-electron chi connectivity index (χ4n) is 1.03. The highest BCUT2D eigenvalue weighted by atomic mass is 28.4. The Hall–Kier alpha value is -0.292. The van der Waals surface area contributed by atoms with Crippen molar-refractivity contribution in [1.29, 1.82) is 0 Å². The maximum atomic E-state index is 3.86. The largest absolute Gasteiger partial charge is 0.349 e. The second-order valence-corrected chi connectivity index (χ2v) is 12.4. The molecular formula is C8H21N3Si4. The molecule has 0 saturated carbocycles. The standard InChI is InChI=1S/C8H21N3Si4/c1-5-12-9-14(7-3)11-15(8-4)10-13-6-2/h5-11,14-15H,1-4,12-13H2. The minimum absolute atomic E-state index is 0.313. The lowest BCUT2D eigenvalue weighted by atomic mass is 11.3. The highest BCUT2D eigenvalue weighted by molar-refractivity contribution is 6.81. The first-order valence-electron chi connectivity index (χ1n) is 4.98. The Morgan fingerprint density at radius 1 is 0.800 bits per heavy atom. The quantitative estimate of drug-likeness (QED) is 0.406. The molecule has 0 aliphatic heterocycles. The third-order valence-electron chi connectivity index (χ3n) is 1.79. The molecule has 0 amide bonds. The predicted octanol–water partition coefficient (Wildman–Crippen LogP) is -1.90. The lowest BCUT2D eigenvalue weighted by Crippen LogP contribution is -2.59. The molecule has 0 rings (SSSR count). The predicted molar refractivity (Wildman–Crippen MR) is 81.6 cm³/mol. The Labute approximate surface area is 101 Å². The zero-order valence-corrected chi connectivity index (χ0v) is 14.3. The Kier molecular flexibility index (Phi) is 10.0. The van der Waals surface area contributed by atoms with E-state index < -0.39 is 18.2 Å². The van der Waals surface area contributed by atoms with Gasteiger partial charge in [-0.2, -0.15) is 0 Å². The highest BCUT2D eigenvalue weighted by Crippen LogP contribution is 1.78. The Balaban J connectivity index is 3.98. The summed E-state index contributed by atoms with van der Waals surface area (Å²) in [5.41, 5.74) is 8.05. The van der Waals surface area contributed by atoms with Gasteiger partial charge in [-0.15, -0.1) is 26.3 Å². The van der Waals surface area contributed by atoms with Gasteiger partial charge in [0.2, 0.25) is 0 Å². The fraction of sp³-hybridized carbons (Fsp3) is 0. The van der Waals surface area contributed by atoms with E-state index in [4.69, 9.17) is 0 Å². The van der Waals surface area contributed by atoms with E-state index >= 15 is 0 Å². The molecule has 0 aromatic rings. The van der Waals surface area contributed by atoms with Gasteiger partial charge in [0.05, 0.1) is 0 Å². The van der Waals surface area contributed by atoms with Crippen LogP contribution in [0.15, 0.2) is 49.1 Å². The van der Waals surface area contributed by atoms with Gasteiger partial charge in [-0.3, -0.25) is 0 Å². The molecule has 0 radical (unpaired) electrons. The summed E-state index contributed by atoms with van der Waals surface area (Å²) in [4.78, 5) is 0. The Morgan fingerprint density at radius 3 is 1.47 bits per heavy atom. The summed E-state index contributed by atoms with van der Waals surface area (Å²) >= 11 is 0. The Morgan fingerprint density at radius 2 is 1.20 bits per heavy atom.